The van der Waals surface area contributed by atoms with Crippen molar-refractivity contribution in [1.82, 2.24) is 9.88 Å². The number of hydrogen-bond acceptors (Lipinski definition) is 5. The van der Waals surface area contributed by atoms with E-state index in [0.29, 0.717) is 11.4 Å². The first-order valence-electron chi connectivity index (χ1n) is 6.86. The molecule has 0 spiro atoms. The van der Waals surface area contributed by atoms with Gasteiger partial charge in [0.2, 0.25) is 0 Å². The molecule has 2 aromatic rings. The Bertz CT molecular complexity index is 659. The number of nitrogens with zero attached hydrogens (tertiary/aromatic N) is 2. The van der Waals surface area contributed by atoms with Crippen molar-refractivity contribution in [2.75, 3.05) is 0 Å². The summed E-state index contributed by atoms with van der Waals surface area (Å²) in [5.41, 5.74) is 3.50. The summed E-state index contributed by atoms with van der Waals surface area (Å²) < 4.78 is 2.38. The second-order valence-corrected chi connectivity index (χ2v) is 8.94. The maximum absolute atomic E-state index is 4.67. The average Bonchev–Trinajstić information content (AvgIpc) is 2.85. The van der Waals surface area contributed by atoms with Crippen molar-refractivity contribution in [3.05, 3.63) is 48.7 Å². The highest BCUT2D eigenvalue weighted by Crippen LogP contribution is 2.47. The van der Waals surface area contributed by atoms with Gasteiger partial charge in [-0.1, -0.05) is 41.7 Å². The van der Waals surface area contributed by atoms with Crippen LogP contribution in [0.5, 0.6) is 0 Å². The zero-order chi connectivity index (χ0) is 15.0. The summed E-state index contributed by atoms with van der Waals surface area (Å²) in [4.78, 5) is 7.04. The van der Waals surface area contributed by atoms with E-state index in [1.807, 2.05) is 16.9 Å². The van der Waals surface area contributed by atoms with Crippen molar-refractivity contribution in [2.24, 2.45) is 0 Å². The smallest absolute Gasteiger partial charge is 0.161 e. The minimum atomic E-state index is 0.361. The molecule has 1 aromatic carbocycles. The van der Waals surface area contributed by atoms with Crippen LogP contribution in [0.2, 0.25) is 0 Å². The molecule has 1 aromatic heterocycles. The van der Waals surface area contributed by atoms with Gasteiger partial charge in [0.15, 0.2) is 4.34 Å². The van der Waals surface area contributed by atoms with Gasteiger partial charge in [0.05, 0.1) is 15.6 Å². The van der Waals surface area contributed by atoms with E-state index in [2.05, 4.69) is 55.1 Å². The zero-order valence-corrected chi connectivity index (χ0v) is 14.7. The third-order valence-corrected chi connectivity index (χ3v) is 7.74. The molecule has 0 radical (unpaired) electrons. The van der Waals surface area contributed by atoms with E-state index in [4.69, 9.17) is 0 Å². The van der Waals surface area contributed by atoms with E-state index >= 15 is 0 Å². The fourth-order valence-electron chi connectivity index (χ4n) is 2.32. The molecule has 3 rings (SSSR count). The highest BCUT2D eigenvalue weighted by molar-refractivity contribution is 8.77. The second-order valence-electron chi connectivity index (χ2n) is 5.28. The van der Waals surface area contributed by atoms with Crippen molar-refractivity contribution >= 4 is 43.1 Å². The van der Waals surface area contributed by atoms with Crippen molar-refractivity contribution in [3.63, 3.8) is 0 Å². The highest BCUT2D eigenvalue weighted by atomic mass is 33.1. The van der Waals surface area contributed by atoms with Gasteiger partial charge in [0.1, 0.15) is 0 Å². The van der Waals surface area contributed by atoms with Gasteiger partial charge in [0, 0.05) is 18.2 Å². The molecule has 1 aliphatic heterocycles. The van der Waals surface area contributed by atoms with Gasteiger partial charge in [-0.3, -0.25) is 0 Å². The van der Waals surface area contributed by atoms with E-state index < -0.39 is 0 Å². The Balaban J connectivity index is 1.64. The van der Waals surface area contributed by atoms with Gasteiger partial charge in [-0.05, 0) is 36.8 Å². The van der Waals surface area contributed by atoms with Crippen molar-refractivity contribution in [2.45, 2.75) is 36.0 Å². The Kier molecular flexibility index (Phi) is 4.33. The number of thiazole rings is 1. The molecule has 2 atom stereocenters. The summed E-state index contributed by atoms with van der Waals surface area (Å²) in [6.07, 6.45) is 1.06. The second kappa shape index (κ2) is 6.07. The molecule has 0 amide bonds. The Morgan fingerprint density at radius 2 is 2.24 bits per heavy atom. The Hall–Kier alpha value is -0.910. The maximum atomic E-state index is 4.67. The molecule has 1 aliphatic rings. The lowest BCUT2D eigenvalue weighted by atomic mass is 10.0. The third-order valence-electron chi connectivity index (χ3n) is 3.72. The number of benzene rings is 1. The minimum absolute atomic E-state index is 0.361. The Morgan fingerprint density at radius 3 is 2.90 bits per heavy atom. The van der Waals surface area contributed by atoms with Gasteiger partial charge in [-0.2, -0.15) is 0 Å². The normalized spacial score (nSPS) is 19.6. The molecule has 21 heavy (non-hydrogen) atoms. The molecular weight excluding hydrogens is 316 g/mol. The molecule has 2 nitrogen and oxygen atoms in total. The first-order chi connectivity index (χ1) is 10.1. The van der Waals surface area contributed by atoms with Crippen LogP contribution in [0.1, 0.15) is 20.3 Å². The predicted molar refractivity (Wildman–Crippen MR) is 96.7 cm³/mol. The SMILES string of the molecule is C=C(C)C(C)N1C(=C)CC1SSc1nc2ccccc2s1. The molecule has 0 aliphatic carbocycles. The third kappa shape index (κ3) is 3.00. The van der Waals surface area contributed by atoms with E-state index in [1.54, 1.807) is 22.1 Å². The van der Waals surface area contributed by atoms with Crippen LogP contribution in [0.15, 0.2) is 53.0 Å². The van der Waals surface area contributed by atoms with Gasteiger partial charge >= 0.3 is 0 Å². The number of para-hydroxylation sites is 1. The van der Waals surface area contributed by atoms with Crippen molar-refractivity contribution in [1.29, 1.82) is 0 Å². The van der Waals surface area contributed by atoms with Crippen LogP contribution in [-0.4, -0.2) is 21.3 Å². The van der Waals surface area contributed by atoms with Crippen LogP contribution in [0.3, 0.4) is 0 Å². The number of aromatic nitrogens is 1. The van der Waals surface area contributed by atoms with Gasteiger partial charge < -0.3 is 4.90 Å². The molecule has 0 N–H and O–H groups in total. The molecule has 110 valence electrons. The topological polar surface area (TPSA) is 16.1 Å². The molecular formula is C16H18N2S3. The molecule has 5 heteroatoms. The summed E-state index contributed by atoms with van der Waals surface area (Å²) in [6, 6.07) is 8.66. The monoisotopic (exact) mass is 334 g/mol. The van der Waals surface area contributed by atoms with Crippen LogP contribution in [-0.2, 0) is 0 Å². The van der Waals surface area contributed by atoms with E-state index in [-0.39, 0.29) is 0 Å². The summed E-state index contributed by atoms with van der Waals surface area (Å²) in [5, 5.41) is 0.473. The summed E-state index contributed by atoms with van der Waals surface area (Å²) in [7, 11) is 3.65. The number of rotatable bonds is 5. The summed E-state index contributed by atoms with van der Waals surface area (Å²) in [5.74, 6) is 0. The number of hydrogen-bond donors (Lipinski definition) is 0. The number of likely N-dealkylation sites (tertiary alicyclic amines) is 1. The molecule has 0 bridgehead atoms. The quantitative estimate of drug-likeness (QED) is 0.526. The zero-order valence-electron chi connectivity index (χ0n) is 12.2. The molecule has 2 heterocycles. The van der Waals surface area contributed by atoms with Gasteiger partial charge in [-0.15, -0.1) is 11.3 Å². The van der Waals surface area contributed by atoms with Crippen LogP contribution in [0, 0.1) is 0 Å². The van der Waals surface area contributed by atoms with Crippen LogP contribution in [0.4, 0.5) is 0 Å². The van der Waals surface area contributed by atoms with Gasteiger partial charge in [-0.25, -0.2) is 4.98 Å². The highest BCUT2D eigenvalue weighted by Gasteiger charge is 2.35. The van der Waals surface area contributed by atoms with Crippen LogP contribution < -0.4 is 0 Å². The predicted octanol–water partition coefficient (Wildman–Crippen LogP) is 5.55. The number of fused-ring (bicyclic) bond motifs is 1. The molecule has 0 saturated carbocycles. The Labute approximate surface area is 137 Å². The lowest BCUT2D eigenvalue weighted by Crippen LogP contribution is -2.48. The lowest BCUT2D eigenvalue weighted by molar-refractivity contribution is 0.194. The van der Waals surface area contributed by atoms with Crippen LogP contribution in [0.25, 0.3) is 10.2 Å². The van der Waals surface area contributed by atoms with E-state index in [1.165, 1.54) is 16.0 Å². The first-order valence-corrected chi connectivity index (χ1v) is 9.89. The standard InChI is InChI=1S/C16H18N2S3/c1-10(2)12(4)18-11(3)9-15(18)20-21-16-17-13-7-5-6-8-14(13)19-16/h5-8,12,15H,1,3,9H2,2,4H3. The fraction of sp³-hybridized carbons (Fsp3) is 0.312. The van der Waals surface area contributed by atoms with Crippen molar-refractivity contribution in [3.8, 4) is 0 Å². The minimum Gasteiger partial charge on any atom is -0.356 e. The first kappa shape index (κ1) is 15.0. The van der Waals surface area contributed by atoms with Gasteiger partial charge in [0.25, 0.3) is 0 Å². The average molecular weight is 335 g/mol. The molecule has 2 unspecified atom stereocenters. The van der Waals surface area contributed by atoms with Crippen molar-refractivity contribution < 1.29 is 0 Å². The molecule has 1 saturated heterocycles. The van der Waals surface area contributed by atoms with E-state index in [0.717, 1.165) is 16.3 Å². The summed E-state index contributed by atoms with van der Waals surface area (Å²) >= 11 is 1.76. The largest absolute Gasteiger partial charge is 0.356 e. The summed E-state index contributed by atoms with van der Waals surface area (Å²) in [6.45, 7) is 12.5. The van der Waals surface area contributed by atoms with Crippen LogP contribution >= 0.6 is 32.9 Å². The molecule has 1 fully saturated rings. The maximum Gasteiger partial charge on any atom is 0.161 e. The van der Waals surface area contributed by atoms with E-state index in [9.17, 15) is 0 Å². The lowest BCUT2D eigenvalue weighted by Gasteiger charge is -2.48. The fourth-order valence-corrected chi connectivity index (χ4v) is 6.27. The Morgan fingerprint density at radius 1 is 1.48 bits per heavy atom.